The van der Waals surface area contributed by atoms with Crippen LogP contribution in [0.4, 0.5) is 0 Å². The first-order valence-corrected chi connectivity index (χ1v) is 16.4. The van der Waals surface area contributed by atoms with Crippen LogP contribution in [0.2, 0.25) is 0 Å². The van der Waals surface area contributed by atoms with E-state index in [4.69, 9.17) is 24.9 Å². The lowest BCUT2D eigenvalue weighted by Gasteiger charge is -2.10. The van der Waals surface area contributed by atoms with Crippen LogP contribution in [-0.2, 0) is 0 Å². The van der Waals surface area contributed by atoms with Gasteiger partial charge in [0.25, 0.3) is 0 Å². The molecule has 3 heterocycles. The zero-order valence-corrected chi connectivity index (χ0v) is 26.6. The second-order valence-corrected chi connectivity index (χ2v) is 12.1. The number of furan rings is 1. The van der Waals surface area contributed by atoms with Crippen molar-refractivity contribution in [3.05, 3.63) is 170 Å². The summed E-state index contributed by atoms with van der Waals surface area (Å²) in [5.74, 6) is 1.64. The summed E-state index contributed by atoms with van der Waals surface area (Å²) < 4.78 is 42.4. The highest BCUT2D eigenvalue weighted by molar-refractivity contribution is 6.14. The van der Waals surface area contributed by atoms with Gasteiger partial charge in [-0.15, -0.1) is 0 Å². The van der Waals surface area contributed by atoms with E-state index in [0.29, 0.717) is 39.8 Å². The van der Waals surface area contributed by atoms with Crippen molar-refractivity contribution in [3.63, 3.8) is 0 Å². The minimum Gasteiger partial charge on any atom is -0.453 e. The van der Waals surface area contributed by atoms with Gasteiger partial charge in [0.2, 0.25) is 0 Å². The van der Waals surface area contributed by atoms with Gasteiger partial charge in [0, 0.05) is 32.7 Å². The van der Waals surface area contributed by atoms with Crippen LogP contribution in [0.3, 0.4) is 0 Å². The zero-order chi connectivity index (χ0) is 36.5. The zero-order valence-electron chi connectivity index (χ0n) is 30.6. The van der Waals surface area contributed by atoms with Crippen molar-refractivity contribution in [1.29, 1.82) is 0 Å². The Bertz CT molecular complexity index is 3050. The summed E-state index contributed by atoms with van der Waals surface area (Å²) in [6.07, 6.45) is 0. The van der Waals surface area contributed by atoms with Gasteiger partial charge in [-0.05, 0) is 35.4 Å². The minimum absolute atomic E-state index is 0.0749. The van der Waals surface area contributed by atoms with Gasteiger partial charge >= 0.3 is 0 Å². The van der Waals surface area contributed by atoms with E-state index >= 15 is 0 Å². The van der Waals surface area contributed by atoms with Crippen LogP contribution >= 0.6 is 0 Å². The van der Waals surface area contributed by atoms with Gasteiger partial charge < -0.3 is 8.98 Å². The van der Waals surface area contributed by atoms with Gasteiger partial charge in [0.15, 0.2) is 23.1 Å². The molecule has 5 heteroatoms. The number of rotatable bonds is 5. The number of para-hydroxylation sites is 3. The first kappa shape index (κ1) is 24.3. The van der Waals surface area contributed by atoms with Crippen LogP contribution in [0.15, 0.2) is 174 Å². The number of fused-ring (bicyclic) bond motifs is 6. The smallest absolute Gasteiger partial charge is 0.167 e. The highest BCUT2D eigenvalue weighted by Crippen LogP contribution is 2.41. The molecular weight excluding hydrogens is 613 g/mol. The SMILES string of the molecule is [2H]c1cc(-c2ccc3c4ccccc4n(-c4cccc5c4oc4c(-c6nc(-c7ccccc7)nc(-c7ccccc7)n6)cccc45)c3c2)c([2H])c([2H])c1[2H]. The molecule has 234 valence electrons. The summed E-state index contributed by atoms with van der Waals surface area (Å²) in [7, 11) is 0. The molecule has 0 radical (unpaired) electrons. The van der Waals surface area contributed by atoms with Crippen molar-refractivity contribution in [3.8, 4) is 51.0 Å². The number of benzene rings is 7. The molecule has 10 rings (SSSR count). The van der Waals surface area contributed by atoms with Crippen molar-refractivity contribution >= 4 is 43.7 Å². The number of hydrogen-bond acceptors (Lipinski definition) is 4. The van der Waals surface area contributed by atoms with Crippen LogP contribution in [0.5, 0.6) is 0 Å². The standard InChI is InChI=1S/C45H28N4O/c1-4-14-29(15-5-1)32-26-27-34-33-20-10-11-24-38(33)49(40(34)28-32)39-25-13-22-36-35-21-12-23-37(41(35)50-42(36)39)45-47-43(30-16-6-2-7-17-30)46-44(48-45)31-18-8-3-9-19-31/h1-28H/i1D,4D,5D,14D. The Labute approximate surface area is 293 Å². The summed E-state index contributed by atoms with van der Waals surface area (Å²) in [4.78, 5) is 14.9. The lowest BCUT2D eigenvalue weighted by atomic mass is 10.0. The topological polar surface area (TPSA) is 56.7 Å². The predicted molar refractivity (Wildman–Crippen MR) is 203 cm³/mol. The molecule has 0 aliphatic heterocycles. The first-order chi connectivity index (χ1) is 26.4. The molecule has 0 aliphatic rings. The third kappa shape index (κ3) is 4.52. The minimum atomic E-state index is -0.258. The van der Waals surface area contributed by atoms with Gasteiger partial charge in [-0.2, -0.15) is 0 Å². The van der Waals surface area contributed by atoms with E-state index in [1.807, 2.05) is 115 Å². The Balaban J connectivity index is 1.22. The van der Waals surface area contributed by atoms with Crippen LogP contribution < -0.4 is 0 Å². The maximum Gasteiger partial charge on any atom is 0.167 e. The second-order valence-electron chi connectivity index (χ2n) is 12.1. The Kier molecular flexibility index (Phi) is 5.54. The van der Waals surface area contributed by atoms with Crippen LogP contribution in [0, 0.1) is 0 Å². The molecule has 0 unspecified atom stereocenters. The molecule has 0 saturated heterocycles. The lowest BCUT2D eigenvalue weighted by molar-refractivity contribution is 0.667. The van der Waals surface area contributed by atoms with Gasteiger partial charge in [-0.25, -0.2) is 15.0 Å². The third-order valence-corrected chi connectivity index (χ3v) is 9.22. The summed E-state index contributed by atoms with van der Waals surface area (Å²) >= 11 is 0. The molecule has 7 aromatic carbocycles. The van der Waals surface area contributed by atoms with Crippen molar-refractivity contribution in [2.24, 2.45) is 0 Å². The lowest BCUT2D eigenvalue weighted by Crippen LogP contribution is -2.00. The van der Waals surface area contributed by atoms with E-state index in [9.17, 15) is 0 Å². The maximum atomic E-state index is 8.66. The fraction of sp³-hybridized carbons (Fsp3) is 0. The highest BCUT2D eigenvalue weighted by Gasteiger charge is 2.21. The fourth-order valence-electron chi connectivity index (χ4n) is 6.92. The van der Waals surface area contributed by atoms with Crippen molar-refractivity contribution < 1.29 is 9.90 Å². The van der Waals surface area contributed by atoms with Crippen molar-refractivity contribution in [2.45, 2.75) is 0 Å². The fourth-order valence-corrected chi connectivity index (χ4v) is 6.92. The average Bonchev–Trinajstić information content (AvgIpc) is 3.77. The molecule has 0 N–H and O–H groups in total. The Morgan fingerprint density at radius 1 is 0.440 bits per heavy atom. The largest absolute Gasteiger partial charge is 0.453 e. The highest BCUT2D eigenvalue weighted by atomic mass is 16.3. The summed E-state index contributed by atoms with van der Waals surface area (Å²) in [5.41, 5.74) is 7.68. The molecule has 10 aromatic rings. The molecule has 0 aliphatic carbocycles. The van der Waals surface area contributed by atoms with Crippen LogP contribution in [0.1, 0.15) is 5.48 Å². The molecule has 0 fully saturated rings. The molecule has 50 heavy (non-hydrogen) atoms. The summed E-state index contributed by atoms with van der Waals surface area (Å²) in [5, 5.41) is 3.92. The molecule has 3 aromatic heterocycles. The number of aromatic nitrogens is 4. The number of nitrogens with zero attached hydrogens (tertiary/aromatic N) is 4. The molecule has 0 saturated carbocycles. The molecule has 0 amide bonds. The van der Waals surface area contributed by atoms with Gasteiger partial charge in [-0.3, -0.25) is 0 Å². The van der Waals surface area contributed by atoms with Gasteiger partial charge in [0.05, 0.1) is 27.8 Å². The predicted octanol–water partition coefficient (Wildman–Crippen LogP) is 11.5. The van der Waals surface area contributed by atoms with Crippen molar-refractivity contribution in [1.82, 2.24) is 19.5 Å². The number of hydrogen-bond donors (Lipinski definition) is 0. The summed E-state index contributed by atoms with van der Waals surface area (Å²) in [6.45, 7) is 0. The Morgan fingerprint density at radius 2 is 1.08 bits per heavy atom. The normalized spacial score (nSPS) is 12.7. The van der Waals surface area contributed by atoms with E-state index < -0.39 is 0 Å². The molecule has 5 nitrogen and oxygen atoms in total. The Hall–Kier alpha value is -6.85. The first-order valence-electron chi connectivity index (χ1n) is 18.4. The van der Waals surface area contributed by atoms with Gasteiger partial charge in [0.1, 0.15) is 5.58 Å². The summed E-state index contributed by atoms with van der Waals surface area (Å²) in [6, 6.07) is 47.0. The van der Waals surface area contributed by atoms with E-state index in [0.717, 1.165) is 55.0 Å². The average molecular weight is 645 g/mol. The van der Waals surface area contributed by atoms with Crippen LogP contribution in [-0.4, -0.2) is 19.5 Å². The van der Waals surface area contributed by atoms with Gasteiger partial charge in [-0.1, -0.05) is 145 Å². The maximum absolute atomic E-state index is 8.66. The van der Waals surface area contributed by atoms with E-state index in [1.165, 1.54) is 6.07 Å². The van der Waals surface area contributed by atoms with E-state index in [1.54, 1.807) is 0 Å². The monoisotopic (exact) mass is 644 g/mol. The van der Waals surface area contributed by atoms with Crippen molar-refractivity contribution in [2.75, 3.05) is 0 Å². The Morgan fingerprint density at radius 3 is 1.86 bits per heavy atom. The quantitative estimate of drug-likeness (QED) is 0.187. The van der Waals surface area contributed by atoms with E-state index in [2.05, 4.69) is 28.8 Å². The molecule has 0 bridgehead atoms. The van der Waals surface area contributed by atoms with E-state index in [-0.39, 0.29) is 24.2 Å². The molecule has 0 atom stereocenters. The third-order valence-electron chi connectivity index (χ3n) is 9.22. The second kappa shape index (κ2) is 11.4. The molecule has 0 spiro atoms. The van der Waals surface area contributed by atoms with Crippen LogP contribution in [0.25, 0.3) is 94.7 Å². The molecular formula is C45H28N4O.